The molecule has 4 heteroatoms. The molecule has 100 valence electrons. The van der Waals surface area contributed by atoms with Crippen molar-refractivity contribution in [3.8, 4) is 5.75 Å². The van der Waals surface area contributed by atoms with Gasteiger partial charge < -0.3 is 14.8 Å². The van der Waals surface area contributed by atoms with Gasteiger partial charge in [-0.15, -0.1) is 0 Å². The summed E-state index contributed by atoms with van der Waals surface area (Å²) in [6, 6.07) is 8.39. The van der Waals surface area contributed by atoms with Gasteiger partial charge in [-0.05, 0) is 12.6 Å². The van der Waals surface area contributed by atoms with E-state index in [1.54, 1.807) is 7.11 Å². The van der Waals surface area contributed by atoms with E-state index in [2.05, 4.69) is 24.4 Å². The SMILES string of the molecule is CCNC(c1ccccc1OC)C1CSCCO1. The van der Waals surface area contributed by atoms with Crippen LogP contribution < -0.4 is 10.1 Å². The Bertz CT molecular complexity index is 367. The van der Waals surface area contributed by atoms with Crippen LogP contribution in [-0.2, 0) is 4.74 Å². The first-order chi connectivity index (χ1) is 8.86. The van der Waals surface area contributed by atoms with Crippen LogP contribution in [0.15, 0.2) is 24.3 Å². The maximum absolute atomic E-state index is 5.91. The average molecular weight is 267 g/mol. The highest BCUT2D eigenvalue weighted by atomic mass is 32.2. The molecule has 1 aromatic carbocycles. The summed E-state index contributed by atoms with van der Waals surface area (Å²) in [4.78, 5) is 0. The molecule has 0 spiro atoms. The van der Waals surface area contributed by atoms with Crippen molar-refractivity contribution in [1.82, 2.24) is 5.32 Å². The molecule has 1 saturated heterocycles. The highest BCUT2D eigenvalue weighted by Gasteiger charge is 2.27. The molecule has 2 rings (SSSR count). The van der Waals surface area contributed by atoms with E-state index in [1.165, 1.54) is 5.56 Å². The van der Waals surface area contributed by atoms with E-state index in [4.69, 9.17) is 9.47 Å². The van der Waals surface area contributed by atoms with Crippen molar-refractivity contribution in [2.45, 2.75) is 19.1 Å². The van der Waals surface area contributed by atoms with Crippen molar-refractivity contribution in [2.75, 3.05) is 31.8 Å². The molecule has 2 unspecified atom stereocenters. The van der Waals surface area contributed by atoms with Crippen LogP contribution in [-0.4, -0.2) is 37.9 Å². The van der Waals surface area contributed by atoms with Gasteiger partial charge in [-0.1, -0.05) is 25.1 Å². The number of hydrogen-bond acceptors (Lipinski definition) is 4. The zero-order chi connectivity index (χ0) is 12.8. The third-order valence-corrected chi connectivity index (χ3v) is 4.13. The van der Waals surface area contributed by atoms with E-state index < -0.39 is 0 Å². The molecule has 1 aliphatic heterocycles. The molecule has 18 heavy (non-hydrogen) atoms. The van der Waals surface area contributed by atoms with Crippen molar-refractivity contribution >= 4 is 11.8 Å². The minimum absolute atomic E-state index is 0.207. The Morgan fingerprint density at radius 3 is 3.00 bits per heavy atom. The van der Waals surface area contributed by atoms with Crippen molar-refractivity contribution < 1.29 is 9.47 Å². The van der Waals surface area contributed by atoms with Crippen LogP contribution in [0.5, 0.6) is 5.75 Å². The molecular weight excluding hydrogens is 246 g/mol. The van der Waals surface area contributed by atoms with E-state index in [9.17, 15) is 0 Å². The predicted molar refractivity (Wildman–Crippen MR) is 76.5 cm³/mol. The van der Waals surface area contributed by atoms with Gasteiger partial charge in [0.2, 0.25) is 0 Å². The smallest absolute Gasteiger partial charge is 0.123 e. The van der Waals surface area contributed by atoms with Crippen molar-refractivity contribution in [1.29, 1.82) is 0 Å². The quantitative estimate of drug-likeness (QED) is 0.888. The second kappa shape index (κ2) is 7.02. The van der Waals surface area contributed by atoms with Crippen molar-refractivity contribution in [2.24, 2.45) is 0 Å². The summed E-state index contributed by atoms with van der Waals surface area (Å²) in [6.07, 6.45) is 0.222. The summed E-state index contributed by atoms with van der Waals surface area (Å²) >= 11 is 1.96. The van der Waals surface area contributed by atoms with Crippen LogP contribution >= 0.6 is 11.8 Å². The zero-order valence-corrected chi connectivity index (χ0v) is 11.8. The Balaban J connectivity index is 2.22. The predicted octanol–water partition coefficient (Wildman–Crippen LogP) is 2.48. The molecule has 1 aliphatic rings. The second-order valence-corrected chi connectivity index (χ2v) is 5.41. The molecule has 1 N–H and O–H groups in total. The molecule has 0 bridgehead atoms. The molecule has 1 heterocycles. The maximum atomic E-state index is 5.91. The summed E-state index contributed by atoms with van der Waals surface area (Å²) in [5, 5.41) is 3.52. The molecule has 0 aliphatic carbocycles. The van der Waals surface area contributed by atoms with Gasteiger partial charge in [0.15, 0.2) is 0 Å². The van der Waals surface area contributed by atoms with Gasteiger partial charge in [0.05, 0.1) is 25.9 Å². The molecule has 0 saturated carbocycles. The van der Waals surface area contributed by atoms with Crippen LogP contribution in [0.4, 0.5) is 0 Å². The summed E-state index contributed by atoms with van der Waals surface area (Å²) in [7, 11) is 1.72. The lowest BCUT2D eigenvalue weighted by atomic mass is 10.0. The minimum Gasteiger partial charge on any atom is -0.496 e. The lowest BCUT2D eigenvalue weighted by molar-refractivity contribution is 0.0466. The minimum atomic E-state index is 0.207. The number of para-hydroxylation sites is 1. The Hall–Kier alpha value is -0.710. The molecule has 1 fully saturated rings. The fraction of sp³-hybridized carbons (Fsp3) is 0.571. The average Bonchev–Trinajstić information content (AvgIpc) is 2.46. The van der Waals surface area contributed by atoms with Gasteiger partial charge in [-0.3, -0.25) is 0 Å². The monoisotopic (exact) mass is 267 g/mol. The Kier molecular flexibility index (Phi) is 5.35. The highest BCUT2D eigenvalue weighted by molar-refractivity contribution is 7.99. The van der Waals surface area contributed by atoms with Crippen LogP contribution in [0, 0.1) is 0 Å². The fourth-order valence-electron chi connectivity index (χ4n) is 2.28. The highest BCUT2D eigenvalue weighted by Crippen LogP contribution is 2.31. The normalized spacial score (nSPS) is 21.6. The van der Waals surface area contributed by atoms with Crippen molar-refractivity contribution in [3.63, 3.8) is 0 Å². The van der Waals surface area contributed by atoms with Gasteiger partial charge in [0, 0.05) is 17.1 Å². The number of methoxy groups -OCH3 is 1. The maximum Gasteiger partial charge on any atom is 0.123 e. The standard InChI is InChI=1S/C14H21NO2S/c1-3-15-14(13-10-18-9-8-17-13)11-6-4-5-7-12(11)16-2/h4-7,13-15H,3,8-10H2,1-2H3. The topological polar surface area (TPSA) is 30.5 Å². The Labute approximate surface area is 113 Å². The Morgan fingerprint density at radius 1 is 1.50 bits per heavy atom. The van der Waals surface area contributed by atoms with Crippen LogP contribution in [0.25, 0.3) is 0 Å². The number of nitrogens with one attached hydrogen (secondary N) is 1. The van der Waals surface area contributed by atoms with Gasteiger partial charge in [0.25, 0.3) is 0 Å². The lowest BCUT2D eigenvalue weighted by Gasteiger charge is -2.31. The van der Waals surface area contributed by atoms with Gasteiger partial charge in [-0.2, -0.15) is 11.8 Å². The van der Waals surface area contributed by atoms with Crippen LogP contribution in [0.1, 0.15) is 18.5 Å². The van der Waals surface area contributed by atoms with E-state index in [0.29, 0.717) is 0 Å². The van der Waals surface area contributed by atoms with E-state index in [0.717, 1.165) is 30.4 Å². The molecule has 0 amide bonds. The molecule has 2 atom stereocenters. The van der Waals surface area contributed by atoms with E-state index in [-0.39, 0.29) is 12.1 Å². The third-order valence-electron chi connectivity index (χ3n) is 3.11. The second-order valence-electron chi connectivity index (χ2n) is 4.26. The lowest BCUT2D eigenvalue weighted by Crippen LogP contribution is -2.38. The first-order valence-corrected chi connectivity index (χ1v) is 7.58. The summed E-state index contributed by atoms with van der Waals surface area (Å²) in [5.41, 5.74) is 1.19. The van der Waals surface area contributed by atoms with Gasteiger partial charge in [-0.25, -0.2) is 0 Å². The molecule has 0 aromatic heterocycles. The summed E-state index contributed by atoms with van der Waals surface area (Å²) in [5.74, 6) is 3.07. The van der Waals surface area contributed by atoms with Crippen LogP contribution in [0.3, 0.4) is 0 Å². The number of thioether (sulfide) groups is 1. The third kappa shape index (κ3) is 3.19. The molecule has 3 nitrogen and oxygen atoms in total. The molecule has 0 radical (unpaired) electrons. The number of ether oxygens (including phenoxy) is 2. The van der Waals surface area contributed by atoms with Crippen LogP contribution in [0.2, 0.25) is 0 Å². The fourth-order valence-corrected chi connectivity index (χ4v) is 3.19. The summed E-state index contributed by atoms with van der Waals surface area (Å²) < 4.78 is 11.4. The number of likely N-dealkylation sites (N-methyl/N-ethyl adjacent to an activating group) is 1. The number of benzene rings is 1. The number of rotatable bonds is 5. The molecular formula is C14H21NO2S. The first kappa shape index (κ1) is 13.7. The summed E-state index contributed by atoms with van der Waals surface area (Å²) in [6.45, 7) is 3.89. The molecule has 1 aromatic rings. The van der Waals surface area contributed by atoms with E-state index in [1.807, 2.05) is 23.9 Å². The number of hydrogen-bond donors (Lipinski definition) is 1. The van der Waals surface area contributed by atoms with E-state index >= 15 is 0 Å². The zero-order valence-electron chi connectivity index (χ0n) is 11.0. The van der Waals surface area contributed by atoms with Gasteiger partial charge >= 0.3 is 0 Å². The van der Waals surface area contributed by atoms with Gasteiger partial charge in [0.1, 0.15) is 5.75 Å². The van der Waals surface area contributed by atoms with Crippen molar-refractivity contribution in [3.05, 3.63) is 29.8 Å². The largest absolute Gasteiger partial charge is 0.496 e. The Morgan fingerprint density at radius 2 is 2.33 bits per heavy atom. The first-order valence-electron chi connectivity index (χ1n) is 6.42.